The number of rotatable bonds is 7. The molecule has 0 bridgehead atoms. The number of hydrazone groups is 1. The van der Waals surface area contributed by atoms with E-state index in [1.807, 2.05) is 37.3 Å². The smallest absolute Gasteiger partial charge is 0.245 e. The fourth-order valence-corrected chi connectivity index (χ4v) is 4.65. The number of halogens is 1. The van der Waals surface area contributed by atoms with E-state index in [0.29, 0.717) is 23.3 Å². The Morgan fingerprint density at radius 1 is 1.11 bits per heavy atom. The summed E-state index contributed by atoms with van der Waals surface area (Å²) in [4.78, 5) is 23.9. The molecule has 38 heavy (non-hydrogen) atoms. The Hall–Kier alpha value is -3.72. The fraction of sp³-hybridized carbons (Fsp3) is 0.231. The first-order valence-corrected chi connectivity index (χ1v) is 13.1. The number of hydrogen-bond acceptors (Lipinski definition) is 10. The Kier molecular flexibility index (Phi) is 8.33. The molecule has 10 nitrogen and oxygen atoms in total. The zero-order chi connectivity index (χ0) is 26.3. The van der Waals surface area contributed by atoms with Gasteiger partial charge in [-0.25, -0.2) is 20.4 Å². The summed E-state index contributed by atoms with van der Waals surface area (Å²) in [6, 6.07) is 9.56. The van der Waals surface area contributed by atoms with Gasteiger partial charge in [-0.3, -0.25) is 4.98 Å². The minimum atomic E-state index is 0.418. The number of pyridine rings is 1. The lowest BCUT2D eigenvalue weighted by molar-refractivity contribution is 0.152. The van der Waals surface area contributed by atoms with E-state index in [-0.39, 0.29) is 0 Å². The number of anilines is 4. The molecule has 0 aliphatic carbocycles. The van der Waals surface area contributed by atoms with Crippen LogP contribution in [0.3, 0.4) is 0 Å². The number of nitrogens with one attached hydrogen (secondary N) is 2. The van der Waals surface area contributed by atoms with Gasteiger partial charge >= 0.3 is 0 Å². The average molecular weight is 548 g/mol. The topological polar surface area (TPSA) is 113 Å². The van der Waals surface area contributed by atoms with E-state index >= 15 is 0 Å². The Balaban J connectivity index is 1.22. The second kappa shape index (κ2) is 12.2. The van der Waals surface area contributed by atoms with Crippen molar-refractivity contribution >= 4 is 55.5 Å². The van der Waals surface area contributed by atoms with E-state index in [4.69, 9.17) is 16.3 Å². The van der Waals surface area contributed by atoms with Gasteiger partial charge in [0.05, 0.1) is 46.8 Å². The lowest BCUT2D eigenvalue weighted by Crippen LogP contribution is -2.30. The van der Waals surface area contributed by atoms with Gasteiger partial charge < -0.3 is 15.0 Å². The van der Waals surface area contributed by atoms with Crippen molar-refractivity contribution in [3.63, 3.8) is 0 Å². The third-order valence-corrected chi connectivity index (χ3v) is 6.61. The number of aryl methyl sites for hydroxylation is 1. The third-order valence-electron chi connectivity index (χ3n) is 5.90. The highest BCUT2D eigenvalue weighted by Crippen LogP contribution is 2.33. The molecule has 0 spiro atoms. The van der Waals surface area contributed by atoms with Crippen molar-refractivity contribution in [2.24, 2.45) is 5.10 Å². The highest BCUT2D eigenvalue weighted by atomic mass is 35.5. The van der Waals surface area contributed by atoms with Gasteiger partial charge in [-0.2, -0.15) is 10.1 Å². The summed E-state index contributed by atoms with van der Waals surface area (Å²) in [5, 5.41) is 9.14. The Morgan fingerprint density at radius 2 is 2.03 bits per heavy atom. The van der Waals surface area contributed by atoms with Crippen LogP contribution in [-0.4, -0.2) is 57.4 Å². The second-order valence-corrected chi connectivity index (χ2v) is 9.67. The van der Waals surface area contributed by atoms with Gasteiger partial charge in [-0.15, -0.1) is 0 Å². The highest BCUT2D eigenvalue weighted by Gasteiger charge is 2.15. The summed E-state index contributed by atoms with van der Waals surface area (Å²) in [5.41, 5.74) is 7.94. The summed E-state index contributed by atoms with van der Waals surface area (Å²) in [6.45, 7) is 5.14. The number of benzene rings is 1. The van der Waals surface area contributed by atoms with Gasteiger partial charge in [0.1, 0.15) is 12.1 Å². The van der Waals surface area contributed by atoms with E-state index in [1.54, 1.807) is 24.8 Å². The molecule has 1 saturated heterocycles. The molecule has 1 fully saturated rings. The maximum Gasteiger partial charge on any atom is 0.245 e. The number of nitrogens with zero attached hydrogens (tertiary/aromatic N) is 7. The van der Waals surface area contributed by atoms with Crippen molar-refractivity contribution in [1.29, 1.82) is 0 Å². The molecule has 4 heterocycles. The molecule has 0 amide bonds. The van der Waals surface area contributed by atoms with Crippen molar-refractivity contribution in [1.82, 2.24) is 24.9 Å². The molecule has 2 N–H and O–H groups in total. The Bertz CT molecular complexity index is 1390. The monoisotopic (exact) mass is 547 g/mol. The maximum atomic E-state index is 6.59. The Labute approximate surface area is 228 Å². The molecule has 1 unspecified atom stereocenters. The predicted molar refractivity (Wildman–Crippen MR) is 155 cm³/mol. The molecular weight excluding hydrogens is 521 g/mol. The van der Waals surface area contributed by atoms with Crippen LogP contribution in [0.15, 0.2) is 60.4 Å². The minimum absolute atomic E-state index is 0.418. The average Bonchev–Trinajstić information content (AvgIpc) is 3.22. The molecule has 5 rings (SSSR count). The summed E-state index contributed by atoms with van der Waals surface area (Å²) in [7, 11) is 2.69. The zero-order valence-corrected chi connectivity index (χ0v) is 22.7. The zero-order valence-electron chi connectivity index (χ0n) is 20.8. The number of aromatic nitrogens is 5. The quantitative estimate of drug-likeness (QED) is 0.199. The first kappa shape index (κ1) is 25.9. The van der Waals surface area contributed by atoms with Crippen LogP contribution in [0.5, 0.6) is 0 Å². The van der Waals surface area contributed by atoms with Crippen LogP contribution < -0.4 is 20.9 Å². The van der Waals surface area contributed by atoms with Crippen LogP contribution in [0.25, 0.3) is 11.3 Å². The van der Waals surface area contributed by atoms with E-state index in [2.05, 4.69) is 54.9 Å². The van der Waals surface area contributed by atoms with Crippen LogP contribution in [0.4, 0.5) is 23.1 Å². The van der Waals surface area contributed by atoms with Crippen LogP contribution in [-0.2, 0) is 4.74 Å². The largest absolute Gasteiger partial charge is 0.380 e. The molecule has 1 aromatic carbocycles. The molecule has 0 radical (unpaired) electrons. The fourth-order valence-electron chi connectivity index (χ4n) is 4.02. The molecule has 1 aliphatic heterocycles. The third kappa shape index (κ3) is 6.39. The van der Waals surface area contributed by atoms with E-state index < -0.39 is 0 Å². The van der Waals surface area contributed by atoms with Gasteiger partial charge in [0.15, 0.2) is 0 Å². The van der Waals surface area contributed by atoms with Gasteiger partial charge in [-0.1, -0.05) is 20.8 Å². The molecule has 1 atom stereocenters. The minimum Gasteiger partial charge on any atom is -0.380 e. The SMILES string of the molecule is Cc1cc(-c2ccncn2)cc(Cl)c1Nc1ccc(/C=N/Nc2ncc(P)c(N3CCCOCC3)n2)nc1. The molecular formula is C26H27ClN9OP. The molecule has 12 heteroatoms. The number of hydrogen-bond donors (Lipinski definition) is 2. The van der Waals surface area contributed by atoms with E-state index in [1.165, 1.54) is 6.33 Å². The lowest BCUT2D eigenvalue weighted by Gasteiger charge is -2.22. The second-order valence-electron chi connectivity index (χ2n) is 8.64. The maximum absolute atomic E-state index is 6.59. The summed E-state index contributed by atoms with van der Waals surface area (Å²) >= 11 is 6.59. The van der Waals surface area contributed by atoms with Gasteiger partial charge in [0.25, 0.3) is 0 Å². The van der Waals surface area contributed by atoms with E-state index in [9.17, 15) is 0 Å². The predicted octanol–water partition coefficient (Wildman–Crippen LogP) is 4.21. The number of ether oxygens (including phenoxy) is 1. The Morgan fingerprint density at radius 3 is 2.82 bits per heavy atom. The van der Waals surface area contributed by atoms with Crippen LogP contribution in [0, 0.1) is 6.92 Å². The summed E-state index contributed by atoms with van der Waals surface area (Å²) in [5.74, 6) is 1.28. The van der Waals surface area contributed by atoms with Crippen LogP contribution in [0.1, 0.15) is 17.7 Å². The first-order valence-electron chi connectivity index (χ1n) is 12.1. The van der Waals surface area contributed by atoms with E-state index in [0.717, 1.165) is 65.4 Å². The molecule has 4 aromatic rings. The molecule has 1 aliphatic rings. The first-order chi connectivity index (χ1) is 18.6. The highest BCUT2D eigenvalue weighted by molar-refractivity contribution is 7.28. The van der Waals surface area contributed by atoms with Gasteiger partial charge in [0, 0.05) is 43.0 Å². The van der Waals surface area contributed by atoms with Crippen molar-refractivity contribution < 1.29 is 4.74 Å². The van der Waals surface area contributed by atoms with Gasteiger partial charge in [0.2, 0.25) is 5.95 Å². The summed E-state index contributed by atoms with van der Waals surface area (Å²) < 4.78 is 5.55. The lowest BCUT2D eigenvalue weighted by atomic mass is 10.1. The van der Waals surface area contributed by atoms with Crippen molar-refractivity contribution in [2.75, 3.05) is 41.9 Å². The van der Waals surface area contributed by atoms with Gasteiger partial charge in [-0.05, 0) is 49.2 Å². The molecule has 3 aromatic heterocycles. The van der Waals surface area contributed by atoms with Crippen molar-refractivity contribution in [3.05, 3.63) is 71.5 Å². The van der Waals surface area contributed by atoms with Crippen molar-refractivity contribution in [2.45, 2.75) is 13.3 Å². The van der Waals surface area contributed by atoms with Crippen molar-refractivity contribution in [3.8, 4) is 11.3 Å². The van der Waals surface area contributed by atoms with Crippen LogP contribution >= 0.6 is 20.8 Å². The van der Waals surface area contributed by atoms with Crippen LogP contribution in [0.2, 0.25) is 5.02 Å². The molecule has 0 saturated carbocycles. The standard InChI is InChI=1S/C26H27ClN9OP/c1-17-11-18(22-5-6-28-16-31-22)12-21(27)24(17)33-20-4-3-19(29-13-20)14-32-35-26-30-15-23(38)25(34-26)36-7-2-9-37-10-8-36/h3-6,11-16,33H,2,7-10,38H2,1H3,(H,30,34,35)/b32-14+. The normalized spacial score (nSPS) is 13.9. The summed E-state index contributed by atoms with van der Waals surface area (Å²) in [6.07, 6.45) is 9.31. The molecule has 194 valence electrons.